The molecule has 5 heteroatoms. The number of anilines is 1. The van der Waals surface area contributed by atoms with Crippen LogP contribution in [0.15, 0.2) is 12.3 Å². The molecule has 0 saturated carbocycles. The van der Waals surface area contributed by atoms with E-state index in [2.05, 4.69) is 20.2 Å². The van der Waals surface area contributed by atoms with Gasteiger partial charge in [-0.15, -0.1) is 0 Å². The highest BCUT2D eigenvalue weighted by Crippen LogP contribution is 2.12. The van der Waals surface area contributed by atoms with Crippen molar-refractivity contribution in [2.45, 2.75) is 6.92 Å². The Morgan fingerprint density at radius 1 is 1.47 bits per heavy atom. The molecule has 1 aliphatic rings. The van der Waals surface area contributed by atoms with E-state index in [1.807, 2.05) is 6.92 Å². The monoisotopic (exact) mass is 208 g/mol. The van der Waals surface area contributed by atoms with Gasteiger partial charge in [-0.25, -0.2) is 4.98 Å². The smallest absolute Gasteiger partial charge is 0.228 e. The molecule has 1 aromatic rings. The van der Waals surface area contributed by atoms with E-state index in [4.69, 9.17) is 4.74 Å². The molecule has 0 aromatic carbocycles. The minimum Gasteiger partial charge on any atom is -0.478 e. The van der Waals surface area contributed by atoms with Crippen LogP contribution in [0, 0.1) is 0 Å². The third kappa shape index (κ3) is 2.56. The molecule has 0 amide bonds. The topological polar surface area (TPSA) is 50.3 Å². The number of rotatable bonds is 3. The van der Waals surface area contributed by atoms with Crippen LogP contribution < -0.4 is 15.0 Å². The van der Waals surface area contributed by atoms with Crippen LogP contribution >= 0.6 is 0 Å². The number of nitrogens with zero attached hydrogens (tertiary/aromatic N) is 3. The number of hydrogen-bond donors (Lipinski definition) is 1. The molecule has 1 fully saturated rings. The number of ether oxygens (including phenoxy) is 1. The maximum Gasteiger partial charge on any atom is 0.228 e. The van der Waals surface area contributed by atoms with E-state index in [-0.39, 0.29) is 0 Å². The number of piperazine rings is 1. The average Bonchev–Trinajstić information content (AvgIpc) is 2.31. The van der Waals surface area contributed by atoms with E-state index in [0.29, 0.717) is 12.5 Å². The normalized spacial score (nSPS) is 16.5. The third-order valence-electron chi connectivity index (χ3n) is 2.31. The summed E-state index contributed by atoms with van der Waals surface area (Å²) in [7, 11) is 0. The molecule has 1 aliphatic heterocycles. The van der Waals surface area contributed by atoms with Crippen molar-refractivity contribution in [2.75, 3.05) is 37.7 Å². The van der Waals surface area contributed by atoms with Gasteiger partial charge in [0.1, 0.15) is 0 Å². The molecule has 2 heterocycles. The lowest BCUT2D eigenvalue weighted by atomic mass is 10.4. The van der Waals surface area contributed by atoms with Crippen LogP contribution in [0.1, 0.15) is 6.92 Å². The first-order chi connectivity index (χ1) is 7.40. The highest BCUT2D eigenvalue weighted by atomic mass is 16.5. The van der Waals surface area contributed by atoms with E-state index in [1.54, 1.807) is 12.3 Å². The van der Waals surface area contributed by atoms with Crippen molar-refractivity contribution < 1.29 is 4.74 Å². The lowest BCUT2D eigenvalue weighted by Crippen LogP contribution is -2.44. The SMILES string of the molecule is CCOc1ccnc(N2CCNCC2)n1. The fourth-order valence-electron chi connectivity index (χ4n) is 1.58. The standard InChI is InChI=1S/C10H16N4O/c1-2-15-9-3-4-12-10(13-9)14-7-5-11-6-8-14/h3-4,11H,2,5-8H2,1H3. The van der Waals surface area contributed by atoms with Crippen molar-refractivity contribution in [1.82, 2.24) is 15.3 Å². The molecule has 0 radical (unpaired) electrons. The van der Waals surface area contributed by atoms with E-state index < -0.39 is 0 Å². The minimum absolute atomic E-state index is 0.637. The molecule has 1 saturated heterocycles. The quantitative estimate of drug-likeness (QED) is 0.773. The van der Waals surface area contributed by atoms with Crippen LogP contribution in [-0.2, 0) is 0 Å². The Bertz CT molecular complexity index is 312. The van der Waals surface area contributed by atoms with Gasteiger partial charge in [0.15, 0.2) is 0 Å². The number of hydrogen-bond acceptors (Lipinski definition) is 5. The zero-order valence-electron chi connectivity index (χ0n) is 8.94. The molecule has 0 aliphatic carbocycles. The molecule has 2 rings (SSSR count). The second-order valence-electron chi connectivity index (χ2n) is 3.36. The average molecular weight is 208 g/mol. The van der Waals surface area contributed by atoms with Gasteiger partial charge in [-0.3, -0.25) is 0 Å². The van der Waals surface area contributed by atoms with Gasteiger partial charge in [-0.2, -0.15) is 4.98 Å². The van der Waals surface area contributed by atoms with Crippen LogP contribution in [0.4, 0.5) is 5.95 Å². The molecule has 1 aromatic heterocycles. The molecule has 1 N–H and O–H groups in total. The van der Waals surface area contributed by atoms with Gasteiger partial charge in [-0.1, -0.05) is 0 Å². The van der Waals surface area contributed by atoms with Gasteiger partial charge in [0.25, 0.3) is 0 Å². The van der Waals surface area contributed by atoms with Crippen LogP contribution in [0.25, 0.3) is 0 Å². The molecular weight excluding hydrogens is 192 g/mol. The molecule has 0 spiro atoms. The van der Waals surface area contributed by atoms with Gasteiger partial charge < -0.3 is 15.0 Å². The lowest BCUT2D eigenvalue weighted by molar-refractivity contribution is 0.326. The molecule has 15 heavy (non-hydrogen) atoms. The summed E-state index contributed by atoms with van der Waals surface area (Å²) in [5, 5.41) is 3.30. The fraction of sp³-hybridized carbons (Fsp3) is 0.600. The van der Waals surface area contributed by atoms with Crippen molar-refractivity contribution in [3.8, 4) is 5.88 Å². The summed E-state index contributed by atoms with van der Waals surface area (Å²) in [5.41, 5.74) is 0. The minimum atomic E-state index is 0.637. The molecule has 0 atom stereocenters. The predicted octanol–water partition coefficient (Wildman–Crippen LogP) is 0.285. The zero-order chi connectivity index (χ0) is 10.5. The van der Waals surface area contributed by atoms with Crippen molar-refractivity contribution in [3.05, 3.63) is 12.3 Å². The fourth-order valence-corrected chi connectivity index (χ4v) is 1.58. The Kier molecular flexibility index (Phi) is 3.34. The highest BCUT2D eigenvalue weighted by molar-refractivity contribution is 5.32. The Morgan fingerprint density at radius 2 is 2.27 bits per heavy atom. The number of aromatic nitrogens is 2. The maximum atomic E-state index is 5.34. The maximum absolute atomic E-state index is 5.34. The van der Waals surface area contributed by atoms with E-state index in [9.17, 15) is 0 Å². The largest absolute Gasteiger partial charge is 0.478 e. The van der Waals surface area contributed by atoms with Crippen molar-refractivity contribution in [1.29, 1.82) is 0 Å². The second-order valence-corrected chi connectivity index (χ2v) is 3.36. The van der Waals surface area contributed by atoms with Crippen molar-refractivity contribution in [3.63, 3.8) is 0 Å². The van der Waals surface area contributed by atoms with Gasteiger partial charge >= 0.3 is 0 Å². The molecule has 5 nitrogen and oxygen atoms in total. The van der Waals surface area contributed by atoms with Gasteiger partial charge in [0.05, 0.1) is 6.61 Å². The Labute approximate surface area is 89.5 Å². The molecular formula is C10H16N4O. The van der Waals surface area contributed by atoms with Gasteiger partial charge in [0.2, 0.25) is 11.8 Å². The van der Waals surface area contributed by atoms with Gasteiger partial charge in [-0.05, 0) is 6.92 Å². The van der Waals surface area contributed by atoms with Crippen molar-refractivity contribution in [2.24, 2.45) is 0 Å². The van der Waals surface area contributed by atoms with E-state index in [1.165, 1.54) is 0 Å². The lowest BCUT2D eigenvalue weighted by Gasteiger charge is -2.27. The first kappa shape index (κ1) is 10.2. The first-order valence-corrected chi connectivity index (χ1v) is 5.31. The second kappa shape index (κ2) is 4.93. The molecule has 0 unspecified atom stereocenters. The van der Waals surface area contributed by atoms with Crippen LogP contribution in [-0.4, -0.2) is 42.8 Å². The zero-order valence-corrected chi connectivity index (χ0v) is 8.94. The molecule has 82 valence electrons. The number of nitrogens with one attached hydrogen (secondary N) is 1. The summed E-state index contributed by atoms with van der Waals surface area (Å²) in [6.45, 7) is 6.47. The molecule has 0 bridgehead atoms. The summed E-state index contributed by atoms with van der Waals surface area (Å²) < 4.78 is 5.34. The summed E-state index contributed by atoms with van der Waals surface area (Å²) >= 11 is 0. The predicted molar refractivity (Wildman–Crippen MR) is 58.3 cm³/mol. The van der Waals surface area contributed by atoms with Crippen molar-refractivity contribution >= 4 is 5.95 Å². The van der Waals surface area contributed by atoms with Crippen LogP contribution in [0.5, 0.6) is 5.88 Å². The summed E-state index contributed by atoms with van der Waals surface area (Å²) in [6.07, 6.45) is 1.75. The van der Waals surface area contributed by atoms with Gasteiger partial charge in [0, 0.05) is 38.4 Å². The van der Waals surface area contributed by atoms with Crippen LogP contribution in [0.3, 0.4) is 0 Å². The highest BCUT2D eigenvalue weighted by Gasteiger charge is 2.13. The summed E-state index contributed by atoms with van der Waals surface area (Å²) in [5.74, 6) is 1.42. The summed E-state index contributed by atoms with van der Waals surface area (Å²) in [4.78, 5) is 10.8. The van der Waals surface area contributed by atoms with E-state index >= 15 is 0 Å². The van der Waals surface area contributed by atoms with E-state index in [0.717, 1.165) is 32.1 Å². The Balaban J connectivity index is 2.09. The van der Waals surface area contributed by atoms with Crippen LogP contribution in [0.2, 0.25) is 0 Å². The summed E-state index contributed by atoms with van der Waals surface area (Å²) in [6, 6.07) is 1.79. The third-order valence-corrected chi connectivity index (χ3v) is 2.31. The Morgan fingerprint density at radius 3 is 3.00 bits per heavy atom. The Hall–Kier alpha value is -1.36. The first-order valence-electron chi connectivity index (χ1n) is 5.31.